The molecule has 0 spiro atoms. The Morgan fingerprint density at radius 3 is 2.73 bits per heavy atom. The highest BCUT2D eigenvalue weighted by Gasteiger charge is 2.08. The minimum Gasteiger partial charge on any atom is -0.297 e. The van der Waals surface area contributed by atoms with Gasteiger partial charge in [-0.15, -0.1) is 0 Å². The summed E-state index contributed by atoms with van der Waals surface area (Å²) in [6.45, 7) is 3.81. The molecule has 0 radical (unpaired) electrons. The molecule has 1 aromatic rings. The van der Waals surface area contributed by atoms with E-state index in [1.807, 2.05) is 18.4 Å². The largest absolute Gasteiger partial charge is 0.297 e. The molecule has 0 saturated carbocycles. The zero-order valence-corrected chi connectivity index (χ0v) is 6.50. The number of nitrogens with two attached hydrogens (primary N) is 1. The number of hydrogen-bond acceptors (Lipinski definition) is 1. The monoisotopic (exact) mass is 149 g/mol. The Morgan fingerprint density at radius 1 is 1.55 bits per heavy atom. The Labute approximate surface area is 66.2 Å². The summed E-state index contributed by atoms with van der Waals surface area (Å²) in [5.41, 5.74) is 2.66. The van der Waals surface area contributed by atoms with Crippen molar-refractivity contribution < 1.29 is 10.1 Å². The lowest BCUT2D eigenvalue weighted by atomic mass is 10.1. The lowest BCUT2D eigenvalue weighted by molar-refractivity contribution is -0.539. The topological polar surface area (TPSA) is 33.7 Å². The van der Waals surface area contributed by atoms with Gasteiger partial charge in [0, 0.05) is 6.92 Å². The minimum atomic E-state index is 0.681. The molecule has 0 aliphatic heterocycles. The number of rotatable bonds is 2. The number of benzene rings is 1. The van der Waals surface area contributed by atoms with Crippen LogP contribution >= 0.6 is 0 Å². The Morgan fingerprint density at radius 2 is 2.27 bits per heavy atom. The first kappa shape index (κ1) is 7.82. The predicted octanol–water partition coefficient (Wildman–Crippen LogP) is 0.506. The molecule has 0 saturated heterocycles. The van der Waals surface area contributed by atoms with Crippen molar-refractivity contribution in [3.05, 3.63) is 36.2 Å². The molecule has 0 unspecified atom stereocenters. The summed E-state index contributed by atoms with van der Waals surface area (Å²) < 4.78 is 0. The smallest absolute Gasteiger partial charge is 0.235 e. The lowest BCUT2D eigenvalue weighted by Gasteiger charge is -1.90. The van der Waals surface area contributed by atoms with Gasteiger partial charge in [0.25, 0.3) is 0 Å². The fourth-order valence-electron chi connectivity index (χ4n) is 0.981. The first-order chi connectivity index (χ1) is 5.27. The average molecular weight is 149 g/mol. The Hall–Kier alpha value is -1.28. The van der Waals surface area contributed by atoms with Gasteiger partial charge in [-0.05, 0) is 6.07 Å². The maximum atomic E-state index is 10.3. The normalized spacial score (nSPS) is 9.55. The standard InChI is InChI=1S/C9H9NO/c1-7-5-8(6-11)3-4-9(7)10-2/h3-6H,1H2,2H3/p+2. The van der Waals surface area contributed by atoms with Crippen LogP contribution in [0.4, 0.5) is 5.69 Å². The fourth-order valence-corrected chi connectivity index (χ4v) is 0.981. The zero-order valence-electron chi connectivity index (χ0n) is 6.50. The van der Waals surface area contributed by atoms with Crippen molar-refractivity contribution in [3.63, 3.8) is 0 Å². The average Bonchev–Trinajstić information content (AvgIpc) is 2.04. The van der Waals surface area contributed by atoms with E-state index in [2.05, 4.69) is 6.92 Å². The van der Waals surface area contributed by atoms with E-state index in [0.717, 1.165) is 17.5 Å². The van der Waals surface area contributed by atoms with Gasteiger partial charge in [-0.2, -0.15) is 0 Å². The highest BCUT2D eigenvalue weighted by Crippen LogP contribution is 2.09. The second kappa shape index (κ2) is 3.21. The SMILES string of the molecule is [CH2+]c1cc(C=O)ccc1[NH2+]C. The molecule has 0 fully saturated rings. The summed E-state index contributed by atoms with van der Waals surface area (Å²) in [6.07, 6.45) is 0.828. The van der Waals surface area contributed by atoms with E-state index in [1.165, 1.54) is 0 Å². The maximum absolute atomic E-state index is 10.3. The fraction of sp³-hybridized carbons (Fsp3) is 0.111. The quantitative estimate of drug-likeness (QED) is 0.371. The van der Waals surface area contributed by atoms with Crippen LogP contribution in [-0.2, 0) is 0 Å². The van der Waals surface area contributed by atoms with Crippen molar-refractivity contribution >= 4 is 12.0 Å². The molecule has 2 nitrogen and oxygen atoms in total. The third kappa shape index (κ3) is 1.59. The number of quaternary nitrogens is 1. The van der Waals surface area contributed by atoms with Gasteiger partial charge in [0.15, 0.2) is 11.8 Å². The van der Waals surface area contributed by atoms with Crippen LogP contribution in [0.1, 0.15) is 15.9 Å². The summed E-state index contributed by atoms with van der Waals surface area (Å²) in [6, 6.07) is 5.46. The highest BCUT2D eigenvalue weighted by molar-refractivity contribution is 5.76. The van der Waals surface area contributed by atoms with Crippen LogP contribution in [0.2, 0.25) is 0 Å². The number of carbonyl (C=O) groups is 1. The summed E-state index contributed by atoms with van der Waals surface area (Å²) in [4.78, 5) is 10.3. The summed E-state index contributed by atoms with van der Waals surface area (Å²) in [5, 5.41) is 1.97. The van der Waals surface area contributed by atoms with Crippen LogP contribution in [0.25, 0.3) is 0 Å². The van der Waals surface area contributed by atoms with E-state index >= 15 is 0 Å². The van der Waals surface area contributed by atoms with E-state index in [9.17, 15) is 4.79 Å². The zero-order chi connectivity index (χ0) is 8.27. The molecule has 1 aromatic carbocycles. The van der Waals surface area contributed by atoms with Crippen LogP contribution in [0.5, 0.6) is 0 Å². The van der Waals surface area contributed by atoms with E-state index in [4.69, 9.17) is 0 Å². The van der Waals surface area contributed by atoms with E-state index in [-0.39, 0.29) is 0 Å². The second-order valence-corrected chi connectivity index (χ2v) is 2.36. The van der Waals surface area contributed by atoms with Crippen molar-refractivity contribution in [1.82, 2.24) is 0 Å². The summed E-state index contributed by atoms with van der Waals surface area (Å²) >= 11 is 0. The van der Waals surface area contributed by atoms with Gasteiger partial charge in [-0.1, -0.05) is 0 Å². The van der Waals surface area contributed by atoms with Crippen LogP contribution in [0.3, 0.4) is 0 Å². The van der Waals surface area contributed by atoms with Gasteiger partial charge < -0.3 is 0 Å². The predicted molar refractivity (Wildman–Crippen MR) is 43.8 cm³/mol. The lowest BCUT2D eigenvalue weighted by Crippen LogP contribution is -2.73. The summed E-state index contributed by atoms with van der Waals surface area (Å²) in [5.74, 6) is 0. The third-order valence-corrected chi connectivity index (χ3v) is 1.61. The maximum Gasteiger partial charge on any atom is 0.235 e. The van der Waals surface area contributed by atoms with E-state index in [1.54, 1.807) is 12.1 Å². The van der Waals surface area contributed by atoms with Crippen molar-refractivity contribution in [2.45, 2.75) is 0 Å². The molecule has 2 N–H and O–H groups in total. The van der Waals surface area contributed by atoms with Crippen molar-refractivity contribution in [2.24, 2.45) is 0 Å². The molecule has 0 bridgehead atoms. The van der Waals surface area contributed by atoms with Gasteiger partial charge >= 0.3 is 0 Å². The Bertz CT molecular complexity index is 268. The molecule has 0 heterocycles. The first-order valence-electron chi connectivity index (χ1n) is 3.48. The van der Waals surface area contributed by atoms with Gasteiger partial charge in [0.1, 0.15) is 0 Å². The molecule has 1 rings (SSSR count). The van der Waals surface area contributed by atoms with Gasteiger partial charge in [0.2, 0.25) is 5.69 Å². The molecule has 56 valence electrons. The number of hydrogen-bond donors (Lipinski definition) is 1. The van der Waals surface area contributed by atoms with E-state index in [0.29, 0.717) is 5.56 Å². The van der Waals surface area contributed by atoms with Gasteiger partial charge in [-0.25, -0.2) is 0 Å². The van der Waals surface area contributed by atoms with Crippen LogP contribution in [0, 0.1) is 6.92 Å². The molecular weight excluding hydrogens is 138 g/mol. The van der Waals surface area contributed by atoms with Crippen LogP contribution in [0.15, 0.2) is 18.2 Å². The van der Waals surface area contributed by atoms with Crippen molar-refractivity contribution in [2.75, 3.05) is 7.05 Å². The van der Waals surface area contributed by atoms with E-state index < -0.39 is 0 Å². The van der Waals surface area contributed by atoms with Crippen LogP contribution in [-0.4, -0.2) is 13.3 Å². The highest BCUT2D eigenvalue weighted by atomic mass is 16.1. The molecule has 0 aliphatic carbocycles. The Kier molecular flexibility index (Phi) is 2.28. The molecule has 0 aliphatic rings. The summed E-state index contributed by atoms with van der Waals surface area (Å²) in [7, 11) is 1.95. The Balaban J connectivity index is 3.09. The second-order valence-electron chi connectivity index (χ2n) is 2.36. The van der Waals surface area contributed by atoms with Gasteiger partial charge in [0.05, 0.1) is 24.7 Å². The molecule has 11 heavy (non-hydrogen) atoms. The van der Waals surface area contributed by atoms with Gasteiger partial charge in [-0.3, -0.25) is 10.1 Å². The molecular formula is C9H11NO+2. The minimum absolute atomic E-state index is 0.681. The number of carbonyl (C=O) groups excluding carboxylic acids is 1. The molecule has 2 heteroatoms. The molecule has 0 atom stereocenters. The van der Waals surface area contributed by atoms with Crippen LogP contribution < -0.4 is 5.32 Å². The molecule has 0 aromatic heterocycles. The first-order valence-corrected chi connectivity index (χ1v) is 3.48. The van der Waals surface area contributed by atoms with Crippen molar-refractivity contribution in [1.29, 1.82) is 0 Å². The third-order valence-electron chi connectivity index (χ3n) is 1.61. The van der Waals surface area contributed by atoms with Crippen molar-refractivity contribution in [3.8, 4) is 0 Å². The number of aldehydes is 1. The molecule has 0 amide bonds.